The second-order valence-corrected chi connectivity index (χ2v) is 8.53. The zero-order valence-electron chi connectivity index (χ0n) is 17.0. The minimum Gasteiger partial charge on any atom is -0.463 e. The third-order valence-electron chi connectivity index (χ3n) is 6.43. The maximum absolute atomic E-state index is 13.5. The van der Waals surface area contributed by atoms with Gasteiger partial charge in [-0.2, -0.15) is 0 Å². The molecule has 3 heterocycles. The first-order valence-electron chi connectivity index (χ1n) is 10.7. The molecule has 1 fully saturated rings. The summed E-state index contributed by atoms with van der Waals surface area (Å²) in [7, 11) is 0. The number of nitrogens with zero attached hydrogens (tertiary/aromatic N) is 2. The van der Waals surface area contributed by atoms with Crippen molar-refractivity contribution in [1.82, 2.24) is 14.8 Å². The molecule has 1 aliphatic carbocycles. The molecule has 6 nitrogen and oxygen atoms in total. The summed E-state index contributed by atoms with van der Waals surface area (Å²) in [4.78, 5) is 28.5. The lowest BCUT2D eigenvalue weighted by molar-refractivity contribution is -0.133. The van der Waals surface area contributed by atoms with Gasteiger partial charge >= 0.3 is 0 Å². The number of carbonyl (C=O) groups excluding carboxylic acids is 2. The number of carbonyl (C=O) groups is 2. The summed E-state index contributed by atoms with van der Waals surface area (Å²) >= 11 is 0. The van der Waals surface area contributed by atoms with Gasteiger partial charge in [-0.05, 0) is 26.2 Å². The van der Waals surface area contributed by atoms with Crippen molar-refractivity contribution < 1.29 is 14.0 Å². The van der Waals surface area contributed by atoms with Crippen LogP contribution in [-0.2, 0) is 11.3 Å². The minimum atomic E-state index is -0.897. The van der Waals surface area contributed by atoms with Crippen LogP contribution in [-0.4, -0.2) is 39.4 Å². The number of fused-ring (bicyclic) bond motifs is 3. The Hall–Kier alpha value is -2.24. The Balaban J connectivity index is 1.63. The number of hydrogen-bond acceptors (Lipinski definition) is 3. The molecule has 1 aliphatic heterocycles. The molecule has 2 aromatic rings. The molecule has 0 spiro atoms. The zero-order valence-corrected chi connectivity index (χ0v) is 17.0. The molecular formula is C22H31N3O3. The molecule has 28 heavy (non-hydrogen) atoms. The highest BCUT2D eigenvalue weighted by molar-refractivity contribution is 6.02. The summed E-state index contributed by atoms with van der Waals surface area (Å²) in [5, 5.41) is 3.30. The van der Waals surface area contributed by atoms with E-state index in [0.29, 0.717) is 24.4 Å². The molecule has 6 heteroatoms. The van der Waals surface area contributed by atoms with Crippen LogP contribution in [0.4, 0.5) is 0 Å². The summed E-state index contributed by atoms with van der Waals surface area (Å²) in [5.41, 5.74) is 1.29. The van der Waals surface area contributed by atoms with Crippen molar-refractivity contribution in [2.24, 2.45) is 0 Å². The van der Waals surface area contributed by atoms with Gasteiger partial charge in [0.25, 0.3) is 5.91 Å². The van der Waals surface area contributed by atoms with Crippen molar-refractivity contribution in [2.75, 3.05) is 6.54 Å². The van der Waals surface area contributed by atoms with Crippen LogP contribution in [0.15, 0.2) is 22.8 Å². The SMILES string of the molecule is CCCN1C(=O)c2cc3occc3n2C[C@]1(C)C(=O)NC1CCCCCCC1. The Morgan fingerprint density at radius 2 is 1.96 bits per heavy atom. The predicted molar refractivity (Wildman–Crippen MR) is 108 cm³/mol. The van der Waals surface area contributed by atoms with Crippen LogP contribution >= 0.6 is 0 Å². The van der Waals surface area contributed by atoms with E-state index < -0.39 is 5.54 Å². The van der Waals surface area contributed by atoms with E-state index >= 15 is 0 Å². The number of rotatable bonds is 4. The van der Waals surface area contributed by atoms with Gasteiger partial charge in [0.05, 0.1) is 18.3 Å². The molecule has 0 saturated heterocycles. The Labute approximate surface area is 166 Å². The molecule has 1 N–H and O–H groups in total. The first kappa shape index (κ1) is 19.1. The molecule has 152 valence electrons. The molecule has 4 rings (SSSR count). The lowest BCUT2D eigenvalue weighted by atomic mass is 9.92. The standard InChI is InChI=1S/C22H31N3O3/c1-3-12-25-20(26)18-14-19-17(11-13-28-19)24(18)15-22(25,2)21(27)23-16-9-7-5-4-6-8-10-16/h11,13-14,16H,3-10,12,15H2,1-2H3,(H,23,27)/t22-/m1/s1. The fraction of sp³-hybridized carbons (Fsp3) is 0.636. The van der Waals surface area contributed by atoms with E-state index in [1.165, 1.54) is 19.3 Å². The van der Waals surface area contributed by atoms with E-state index in [2.05, 4.69) is 5.32 Å². The highest BCUT2D eigenvalue weighted by atomic mass is 16.3. The van der Waals surface area contributed by atoms with E-state index in [1.807, 2.05) is 24.5 Å². The quantitative estimate of drug-likeness (QED) is 0.862. The first-order chi connectivity index (χ1) is 13.5. The van der Waals surface area contributed by atoms with Crippen LogP contribution < -0.4 is 5.32 Å². The van der Waals surface area contributed by atoms with Crippen molar-refractivity contribution in [2.45, 2.75) is 83.3 Å². The molecule has 2 aromatic heterocycles. The Morgan fingerprint density at radius 3 is 2.68 bits per heavy atom. The van der Waals surface area contributed by atoms with E-state index in [0.717, 1.165) is 37.6 Å². The second kappa shape index (κ2) is 7.64. The van der Waals surface area contributed by atoms with Crippen LogP contribution in [0, 0.1) is 0 Å². The summed E-state index contributed by atoms with van der Waals surface area (Å²) in [6, 6.07) is 3.88. The Morgan fingerprint density at radius 1 is 1.25 bits per heavy atom. The molecule has 0 radical (unpaired) electrons. The lowest BCUT2D eigenvalue weighted by Gasteiger charge is -2.44. The van der Waals surface area contributed by atoms with Gasteiger partial charge in [0.1, 0.15) is 11.2 Å². The monoisotopic (exact) mass is 385 g/mol. The highest BCUT2D eigenvalue weighted by Gasteiger charge is 2.47. The molecule has 2 aliphatic rings. The van der Waals surface area contributed by atoms with E-state index in [1.54, 1.807) is 17.2 Å². The van der Waals surface area contributed by atoms with Crippen LogP contribution in [0.25, 0.3) is 11.1 Å². The lowest BCUT2D eigenvalue weighted by Crippen LogP contribution is -2.65. The molecule has 2 amide bonds. The highest BCUT2D eigenvalue weighted by Crippen LogP contribution is 2.33. The van der Waals surface area contributed by atoms with Crippen LogP contribution in [0.1, 0.15) is 75.7 Å². The molecule has 1 atom stereocenters. The van der Waals surface area contributed by atoms with E-state index in [9.17, 15) is 9.59 Å². The largest absolute Gasteiger partial charge is 0.463 e. The van der Waals surface area contributed by atoms with Gasteiger partial charge in [0, 0.05) is 24.7 Å². The molecule has 0 unspecified atom stereocenters. The van der Waals surface area contributed by atoms with Crippen molar-refractivity contribution in [3.05, 3.63) is 24.1 Å². The van der Waals surface area contributed by atoms with Crippen LogP contribution in [0.5, 0.6) is 0 Å². The molecule has 0 aromatic carbocycles. The number of amides is 2. The van der Waals surface area contributed by atoms with Crippen molar-refractivity contribution in [3.63, 3.8) is 0 Å². The molecule has 1 saturated carbocycles. The first-order valence-corrected chi connectivity index (χ1v) is 10.7. The maximum atomic E-state index is 13.5. The zero-order chi connectivity index (χ0) is 19.7. The summed E-state index contributed by atoms with van der Waals surface area (Å²) in [6.45, 7) is 4.98. The van der Waals surface area contributed by atoms with Crippen molar-refractivity contribution >= 4 is 22.9 Å². The average molecular weight is 386 g/mol. The fourth-order valence-electron chi connectivity index (χ4n) is 4.79. The van der Waals surface area contributed by atoms with Crippen molar-refractivity contribution in [1.29, 1.82) is 0 Å². The summed E-state index contributed by atoms with van der Waals surface area (Å²) < 4.78 is 7.45. The van der Waals surface area contributed by atoms with Gasteiger partial charge < -0.3 is 19.2 Å². The number of furan rings is 1. The van der Waals surface area contributed by atoms with Gasteiger partial charge in [-0.1, -0.05) is 39.0 Å². The third kappa shape index (κ3) is 3.23. The summed E-state index contributed by atoms with van der Waals surface area (Å²) in [5.74, 6) is -0.120. The minimum absolute atomic E-state index is 0.0316. The van der Waals surface area contributed by atoms with Gasteiger partial charge in [-0.25, -0.2) is 0 Å². The topological polar surface area (TPSA) is 67.5 Å². The van der Waals surface area contributed by atoms with Gasteiger partial charge in [-0.15, -0.1) is 0 Å². The van der Waals surface area contributed by atoms with Gasteiger partial charge in [-0.3, -0.25) is 9.59 Å². The average Bonchev–Trinajstić information content (AvgIpc) is 3.23. The normalized spacial score (nSPS) is 24.1. The third-order valence-corrected chi connectivity index (χ3v) is 6.43. The van der Waals surface area contributed by atoms with Crippen LogP contribution in [0.3, 0.4) is 0 Å². The Kier molecular flexibility index (Phi) is 5.21. The van der Waals surface area contributed by atoms with Gasteiger partial charge in [0.15, 0.2) is 5.58 Å². The maximum Gasteiger partial charge on any atom is 0.271 e. The van der Waals surface area contributed by atoms with E-state index in [-0.39, 0.29) is 17.9 Å². The molecular weight excluding hydrogens is 354 g/mol. The number of nitrogens with one attached hydrogen (secondary N) is 1. The molecule has 0 bridgehead atoms. The van der Waals surface area contributed by atoms with Crippen molar-refractivity contribution in [3.8, 4) is 0 Å². The second-order valence-electron chi connectivity index (χ2n) is 8.53. The number of hydrogen-bond donors (Lipinski definition) is 1. The smallest absolute Gasteiger partial charge is 0.271 e. The number of aromatic nitrogens is 1. The summed E-state index contributed by atoms with van der Waals surface area (Å²) in [6.07, 6.45) is 10.6. The Bertz CT molecular complexity index is 860. The predicted octanol–water partition coefficient (Wildman–Crippen LogP) is 4.09. The van der Waals surface area contributed by atoms with E-state index in [4.69, 9.17) is 4.42 Å². The van der Waals surface area contributed by atoms with Gasteiger partial charge in [0.2, 0.25) is 5.91 Å². The van der Waals surface area contributed by atoms with Crippen LogP contribution in [0.2, 0.25) is 0 Å². The fourth-order valence-corrected chi connectivity index (χ4v) is 4.79.